The van der Waals surface area contributed by atoms with Gasteiger partial charge < -0.3 is 20.5 Å². The van der Waals surface area contributed by atoms with E-state index in [1.807, 2.05) is 67.6 Å². The van der Waals surface area contributed by atoms with E-state index in [1.54, 1.807) is 13.2 Å². The van der Waals surface area contributed by atoms with Crippen molar-refractivity contribution < 1.29 is 14.3 Å². The quantitative estimate of drug-likeness (QED) is 0.414. The first-order chi connectivity index (χ1) is 13.6. The molecule has 3 N–H and O–H groups in total. The molecule has 0 fully saturated rings. The van der Waals surface area contributed by atoms with Crippen LogP contribution in [0.25, 0.3) is 0 Å². The second-order valence-corrected chi connectivity index (χ2v) is 6.33. The van der Waals surface area contributed by atoms with Crippen LogP contribution in [0.2, 0.25) is 0 Å². The Kier molecular flexibility index (Phi) is 6.17. The van der Waals surface area contributed by atoms with Gasteiger partial charge in [0.15, 0.2) is 5.78 Å². The van der Waals surface area contributed by atoms with E-state index in [9.17, 15) is 4.79 Å². The van der Waals surface area contributed by atoms with Gasteiger partial charge in [-0.05, 0) is 42.0 Å². The lowest BCUT2D eigenvalue weighted by atomic mass is 10.0. The molecule has 0 radical (unpaired) electrons. The topological polar surface area (TPSA) is 73.6 Å². The largest absolute Gasteiger partial charge is 0.496 e. The van der Waals surface area contributed by atoms with E-state index in [0.29, 0.717) is 35.7 Å². The predicted molar refractivity (Wildman–Crippen MR) is 112 cm³/mol. The molecule has 0 saturated carbocycles. The zero-order chi connectivity index (χ0) is 19.9. The number of anilines is 2. The van der Waals surface area contributed by atoms with Gasteiger partial charge in [0.1, 0.15) is 17.2 Å². The smallest absolute Gasteiger partial charge is 0.166 e. The number of nitrogens with one attached hydrogen (secondary N) is 1. The van der Waals surface area contributed by atoms with Crippen LogP contribution in [-0.2, 0) is 6.54 Å². The van der Waals surface area contributed by atoms with Crippen LogP contribution < -0.4 is 20.5 Å². The number of rotatable bonds is 8. The number of ketones is 1. The van der Waals surface area contributed by atoms with Crippen molar-refractivity contribution in [2.75, 3.05) is 18.2 Å². The molecular weight excluding hydrogens is 352 g/mol. The summed E-state index contributed by atoms with van der Waals surface area (Å²) in [7, 11) is 1.57. The molecule has 144 valence electrons. The van der Waals surface area contributed by atoms with Gasteiger partial charge in [0.2, 0.25) is 0 Å². The van der Waals surface area contributed by atoms with Crippen molar-refractivity contribution in [3.05, 3.63) is 77.9 Å². The van der Waals surface area contributed by atoms with Gasteiger partial charge in [0.25, 0.3) is 0 Å². The number of ether oxygens (including phenoxy) is 2. The van der Waals surface area contributed by atoms with E-state index in [1.165, 1.54) is 0 Å². The van der Waals surface area contributed by atoms with Crippen LogP contribution in [0.15, 0.2) is 66.7 Å². The summed E-state index contributed by atoms with van der Waals surface area (Å²) in [5.41, 5.74) is 9.05. The Labute approximate surface area is 165 Å². The van der Waals surface area contributed by atoms with Crippen LogP contribution in [0.3, 0.4) is 0 Å². The molecule has 0 aliphatic carbocycles. The minimum Gasteiger partial charge on any atom is -0.496 e. The number of carbonyl (C=O) groups is 1. The summed E-state index contributed by atoms with van der Waals surface area (Å²) in [6.45, 7) is 2.36. The average Bonchev–Trinajstić information content (AvgIpc) is 2.74. The maximum absolute atomic E-state index is 12.2. The Balaban J connectivity index is 1.75. The fourth-order valence-corrected chi connectivity index (χ4v) is 2.85. The Morgan fingerprint density at radius 1 is 1.00 bits per heavy atom. The summed E-state index contributed by atoms with van der Waals surface area (Å²) in [5.74, 6) is 2.10. The van der Waals surface area contributed by atoms with E-state index < -0.39 is 0 Å². The molecule has 28 heavy (non-hydrogen) atoms. The highest BCUT2D eigenvalue weighted by Gasteiger charge is 2.11. The molecule has 0 heterocycles. The normalized spacial score (nSPS) is 10.4. The molecule has 5 nitrogen and oxygen atoms in total. The maximum atomic E-state index is 12.2. The van der Waals surface area contributed by atoms with Gasteiger partial charge in [-0.25, -0.2) is 0 Å². The molecule has 0 atom stereocenters. The predicted octanol–water partition coefficient (Wildman–Crippen LogP) is 5.27. The summed E-state index contributed by atoms with van der Waals surface area (Å²) in [4.78, 5) is 12.2. The first-order valence-corrected chi connectivity index (χ1v) is 9.17. The highest BCUT2D eigenvalue weighted by atomic mass is 16.5. The van der Waals surface area contributed by atoms with Crippen LogP contribution in [0.4, 0.5) is 11.4 Å². The fraction of sp³-hybridized carbons (Fsp3) is 0.174. The number of methoxy groups -OCH3 is 1. The van der Waals surface area contributed by atoms with Crippen molar-refractivity contribution in [1.29, 1.82) is 0 Å². The number of nitrogens with two attached hydrogens (primary N) is 1. The fourth-order valence-electron chi connectivity index (χ4n) is 2.85. The summed E-state index contributed by atoms with van der Waals surface area (Å²) >= 11 is 0. The Bertz CT molecular complexity index is 955. The number of carbonyl (C=O) groups excluding carboxylic acids is 1. The third-order valence-corrected chi connectivity index (χ3v) is 4.37. The number of nitrogen functional groups attached to an aromatic ring is 1. The number of hydrogen-bond donors (Lipinski definition) is 2. The maximum Gasteiger partial charge on any atom is 0.166 e. The molecular formula is C23H24N2O3. The zero-order valence-corrected chi connectivity index (χ0v) is 16.1. The number of hydrogen-bond acceptors (Lipinski definition) is 5. The minimum absolute atomic E-state index is 0.0523. The lowest BCUT2D eigenvalue weighted by molar-refractivity contribution is 0.0985. The van der Waals surface area contributed by atoms with E-state index in [-0.39, 0.29) is 5.78 Å². The third-order valence-electron chi connectivity index (χ3n) is 4.37. The molecule has 3 aromatic rings. The van der Waals surface area contributed by atoms with E-state index >= 15 is 0 Å². The van der Waals surface area contributed by atoms with Crippen molar-refractivity contribution in [2.24, 2.45) is 0 Å². The Morgan fingerprint density at radius 3 is 2.50 bits per heavy atom. The van der Waals surface area contributed by atoms with Crippen LogP contribution in [-0.4, -0.2) is 12.9 Å². The van der Waals surface area contributed by atoms with Gasteiger partial charge in [0.05, 0.1) is 24.0 Å². The monoisotopic (exact) mass is 376 g/mol. The van der Waals surface area contributed by atoms with Gasteiger partial charge in [-0.3, -0.25) is 4.79 Å². The molecule has 3 aromatic carbocycles. The van der Waals surface area contributed by atoms with Gasteiger partial charge in [0, 0.05) is 19.0 Å². The van der Waals surface area contributed by atoms with Crippen LogP contribution >= 0.6 is 0 Å². The number of benzene rings is 3. The van der Waals surface area contributed by atoms with Crippen molar-refractivity contribution in [3.63, 3.8) is 0 Å². The first kappa shape index (κ1) is 19.3. The molecule has 0 aliphatic heterocycles. The van der Waals surface area contributed by atoms with Crippen LogP contribution in [0.5, 0.6) is 17.2 Å². The zero-order valence-electron chi connectivity index (χ0n) is 16.1. The van der Waals surface area contributed by atoms with E-state index in [0.717, 1.165) is 17.0 Å². The van der Waals surface area contributed by atoms with Crippen molar-refractivity contribution in [1.82, 2.24) is 0 Å². The molecule has 0 bridgehead atoms. The van der Waals surface area contributed by atoms with Crippen molar-refractivity contribution in [2.45, 2.75) is 19.9 Å². The van der Waals surface area contributed by atoms with Gasteiger partial charge in [-0.2, -0.15) is 0 Å². The molecule has 5 heteroatoms. The van der Waals surface area contributed by atoms with Gasteiger partial charge in [-0.15, -0.1) is 0 Å². The summed E-state index contributed by atoms with van der Waals surface area (Å²) in [5, 5.41) is 3.32. The lowest BCUT2D eigenvalue weighted by Gasteiger charge is -2.14. The second-order valence-electron chi connectivity index (χ2n) is 6.33. The summed E-state index contributed by atoms with van der Waals surface area (Å²) in [6, 6.07) is 20.7. The highest BCUT2D eigenvalue weighted by molar-refractivity contribution is 5.98. The molecule has 0 spiro atoms. The second kappa shape index (κ2) is 8.95. The number of Topliss-reactive ketones (excluding diaryl/α,β-unsaturated/α-hetero) is 1. The summed E-state index contributed by atoms with van der Waals surface area (Å²) < 4.78 is 11.2. The molecule has 0 aromatic heterocycles. The molecule has 0 unspecified atom stereocenters. The Hall–Kier alpha value is -3.47. The van der Waals surface area contributed by atoms with Gasteiger partial charge in [-0.1, -0.05) is 31.2 Å². The standard InChI is InChI=1S/C23H24N2O3/c1-3-22(26)19-13-16(9-12-23(19)27-2)15-25-21-14-18(10-11-20(21)24)28-17-7-5-4-6-8-17/h4-14,25H,3,15,24H2,1-2H3. The molecule has 0 amide bonds. The first-order valence-electron chi connectivity index (χ1n) is 9.17. The average molecular weight is 376 g/mol. The van der Waals surface area contributed by atoms with Crippen LogP contribution in [0.1, 0.15) is 29.3 Å². The van der Waals surface area contributed by atoms with Crippen LogP contribution in [0, 0.1) is 0 Å². The SMILES string of the molecule is CCC(=O)c1cc(CNc2cc(Oc3ccccc3)ccc2N)ccc1OC. The third kappa shape index (κ3) is 4.62. The minimum atomic E-state index is 0.0523. The highest BCUT2D eigenvalue weighted by Crippen LogP contribution is 2.29. The summed E-state index contributed by atoms with van der Waals surface area (Å²) in [6.07, 6.45) is 0.430. The Morgan fingerprint density at radius 2 is 1.79 bits per heavy atom. The lowest BCUT2D eigenvalue weighted by Crippen LogP contribution is -2.06. The van der Waals surface area contributed by atoms with Crippen molar-refractivity contribution >= 4 is 17.2 Å². The molecule has 0 aliphatic rings. The molecule has 0 saturated heterocycles. The van der Waals surface area contributed by atoms with Crippen molar-refractivity contribution in [3.8, 4) is 17.2 Å². The van der Waals surface area contributed by atoms with E-state index in [4.69, 9.17) is 15.2 Å². The van der Waals surface area contributed by atoms with Gasteiger partial charge >= 0.3 is 0 Å². The molecule has 3 rings (SSSR count). The number of para-hydroxylation sites is 1. The van der Waals surface area contributed by atoms with E-state index in [2.05, 4.69) is 5.32 Å².